The van der Waals surface area contributed by atoms with Crippen LogP contribution in [0.15, 0.2) is 36.7 Å². The van der Waals surface area contributed by atoms with E-state index in [-0.39, 0.29) is 0 Å². The van der Waals surface area contributed by atoms with Crippen LogP contribution in [0.25, 0.3) is 31.7 Å². The van der Waals surface area contributed by atoms with Gasteiger partial charge in [-0.15, -0.1) is 11.3 Å². The zero-order valence-corrected chi connectivity index (χ0v) is 17.1. The van der Waals surface area contributed by atoms with Crippen molar-refractivity contribution >= 4 is 31.8 Å². The van der Waals surface area contributed by atoms with Crippen molar-refractivity contribution in [2.24, 2.45) is 5.92 Å². The highest BCUT2D eigenvalue weighted by molar-refractivity contribution is 7.25. The van der Waals surface area contributed by atoms with Gasteiger partial charge in [0.25, 0.3) is 0 Å². The molecule has 3 heterocycles. The molecule has 0 N–H and O–H groups in total. The first-order chi connectivity index (χ1) is 13.7. The van der Waals surface area contributed by atoms with Crippen molar-refractivity contribution in [3.63, 3.8) is 0 Å². The third kappa shape index (κ3) is 2.94. The molecule has 1 aliphatic carbocycles. The molecule has 0 saturated carbocycles. The van der Waals surface area contributed by atoms with Crippen LogP contribution in [-0.4, -0.2) is 21.6 Å². The smallest absolute Gasteiger partial charge is 0.234 e. The summed E-state index contributed by atoms with van der Waals surface area (Å²) in [7, 11) is 0. The molecule has 0 atom stereocenters. The first-order valence-corrected chi connectivity index (χ1v) is 10.8. The summed E-state index contributed by atoms with van der Waals surface area (Å²) in [6.07, 6.45) is 6.25. The monoisotopic (exact) mass is 389 g/mol. The highest BCUT2D eigenvalue weighted by Gasteiger charge is 2.24. The van der Waals surface area contributed by atoms with Crippen LogP contribution in [0.4, 0.5) is 0 Å². The third-order valence-electron chi connectivity index (χ3n) is 5.29. The molecule has 5 heteroatoms. The van der Waals surface area contributed by atoms with E-state index in [1.54, 1.807) is 17.7 Å². The molecule has 142 valence electrons. The fourth-order valence-corrected chi connectivity index (χ4v) is 5.12. The number of benzene rings is 1. The summed E-state index contributed by atoms with van der Waals surface area (Å²) < 4.78 is 7.02. The van der Waals surface area contributed by atoms with Crippen molar-refractivity contribution in [1.82, 2.24) is 15.0 Å². The number of thiophene rings is 1. The van der Waals surface area contributed by atoms with Gasteiger partial charge in [-0.25, -0.2) is 15.0 Å². The maximum atomic E-state index is 6.00. The second-order valence-corrected chi connectivity index (χ2v) is 8.83. The number of ether oxygens (including phenoxy) is 1. The Bertz CT molecular complexity index is 1150. The van der Waals surface area contributed by atoms with Crippen molar-refractivity contribution in [3.8, 4) is 17.1 Å². The predicted molar refractivity (Wildman–Crippen MR) is 115 cm³/mol. The van der Waals surface area contributed by atoms with Crippen LogP contribution in [0, 0.1) is 5.92 Å². The Morgan fingerprint density at radius 1 is 1.04 bits per heavy atom. The minimum atomic E-state index is 0.454. The van der Waals surface area contributed by atoms with Gasteiger partial charge in [0.15, 0.2) is 0 Å². The van der Waals surface area contributed by atoms with Crippen LogP contribution >= 0.6 is 11.3 Å². The van der Waals surface area contributed by atoms with Gasteiger partial charge in [0, 0.05) is 10.9 Å². The number of nitrogens with zero attached hydrogens (tertiary/aromatic N) is 3. The minimum Gasteiger partial charge on any atom is -0.476 e. The SMILES string of the molecule is CC(C)COc1ncnc2c1sc1nc(-c3ccccc3)c3c(c12)CCCC3. The van der Waals surface area contributed by atoms with Gasteiger partial charge >= 0.3 is 0 Å². The number of pyridine rings is 1. The minimum absolute atomic E-state index is 0.454. The van der Waals surface area contributed by atoms with Crippen molar-refractivity contribution in [2.45, 2.75) is 39.5 Å². The molecule has 1 aromatic carbocycles. The molecule has 0 radical (unpaired) electrons. The number of rotatable bonds is 4. The zero-order valence-electron chi connectivity index (χ0n) is 16.2. The first-order valence-electron chi connectivity index (χ1n) is 9.99. The van der Waals surface area contributed by atoms with Crippen molar-refractivity contribution in [2.75, 3.05) is 6.61 Å². The largest absolute Gasteiger partial charge is 0.476 e. The Kier molecular flexibility index (Phi) is 4.47. The molecule has 5 rings (SSSR count). The number of hydrogen-bond donors (Lipinski definition) is 0. The molecular weight excluding hydrogens is 366 g/mol. The van der Waals surface area contributed by atoms with Crippen LogP contribution in [0.1, 0.15) is 37.8 Å². The lowest BCUT2D eigenvalue weighted by Gasteiger charge is -2.20. The van der Waals surface area contributed by atoms with Gasteiger partial charge in [0.2, 0.25) is 5.88 Å². The Morgan fingerprint density at radius 2 is 1.82 bits per heavy atom. The number of aromatic nitrogens is 3. The third-order valence-corrected chi connectivity index (χ3v) is 6.35. The van der Waals surface area contributed by atoms with Crippen molar-refractivity contribution < 1.29 is 4.74 Å². The Labute approximate surface area is 168 Å². The number of hydrogen-bond acceptors (Lipinski definition) is 5. The molecule has 0 spiro atoms. The standard InChI is InChI=1S/C23H23N3OS/c1-14(2)12-27-22-21-20(24-13-25-22)18-16-10-6-7-11-17(16)19(26-23(18)28-21)15-8-4-3-5-9-15/h3-5,8-9,13-14H,6-7,10-12H2,1-2H3. The summed E-state index contributed by atoms with van der Waals surface area (Å²) in [5, 5.41) is 1.21. The Balaban J connectivity index is 1.77. The molecule has 1 aliphatic rings. The lowest BCUT2D eigenvalue weighted by molar-refractivity contribution is 0.265. The summed E-state index contributed by atoms with van der Waals surface area (Å²) in [5.41, 5.74) is 6.15. The fraction of sp³-hybridized carbons (Fsp3) is 0.348. The summed E-state index contributed by atoms with van der Waals surface area (Å²) in [5.74, 6) is 1.14. The summed E-state index contributed by atoms with van der Waals surface area (Å²) in [4.78, 5) is 15.2. The Hall–Kier alpha value is -2.53. The topological polar surface area (TPSA) is 47.9 Å². The van der Waals surface area contributed by atoms with E-state index in [1.165, 1.54) is 34.9 Å². The van der Waals surface area contributed by atoms with E-state index in [1.807, 2.05) is 0 Å². The molecule has 0 amide bonds. The van der Waals surface area contributed by atoms with E-state index < -0.39 is 0 Å². The van der Waals surface area contributed by atoms with Crippen LogP contribution in [0.5, 0.6) is 5.88 Å². The quantitative estimate of drug-likeness (QED) is 0.441. The van der Waals surface area contributed by atoms with Gasteiger partial charge in [-0.2, -0.15) is 0 Å². The van der Waals surface area contributed by atoms with E-state index in [4.69, 9.17) is 9.72 Å². The van der Waals surface area contributed by atoms with Crippen molar-refractivity contribution in [3.05, 3.63) is 47.8 Å². The van der Waals surface area contributed by atoms with Gasteiger partial charge in [-0.3, -0.25) is 0 Å². The van der Waals surface area contributed by atoms with Crippen LogP contribution in [0.3, 0.4) is 0 Å². The average molecular weight is 390 g/mol. The number of fused-ring (bicyclic) bond motifs is 5. The molecule has 28 heavy (non-hydrogen) atoms. The molecule has 4 aromatic rings. The lowest BCUT2D eigenvalue weighted by Crippen LogP contribution is -2.07. The molecule has 3 aromatic heterocycles. The van der Waals surface area contributed by atoms with Gasteiger partial charge in [0.05, 0.1) is 17.8 Å². The molecule has 0 aliphatic heterocycles. The molecule has 0 unspecified atom stereocenters. The van der Waals surface area contributed by atoms with Gasteiger partial charge in [0.1, 0.15) is 15.9 Å². The van der Waals surface area contributed by atoms with Crippen LogP contribution in [-0.2, 0) is 12.8 Å². The second-order valence-electron chi connectivity index (χ2n) is 7.83. The summed E-state index contributed by atoms with van der Waals surface area (Å²) in [6.45, 7) is 4.95. The highest BCUT2D eigenvalue weighted by Crippen LogP contribution is 2.43. The van der Waals surface area contributed by atoms with E-state index >= 15 is 0 Å². The van der Waals surface area contributed by atoms with E-state index in [9.17, 15) is 0 Å². The van der Waals surface area contributed by atoms with Gasteiger partial charge in [-0.1, -0.05) is 44.2 Å². The van der Waals surface area contributed by atoms with Crippen LogP contribution in [0.2, 0.25) is 0 Å². The maximum Gasteiger partial charge on any atom is 0.234 e. The normalized spacial score (nSPS) is 14.0. The summed E-state index contributed by atoms with van der Waals surface area (Å²) >= 11 is 1.66. The zero-order chi connectivity index (χ0) is 19.1. The van der Waals surface area contributed by atoms with E-state index in [0.717, 1.165) is 33.6 Å². The second kappa shape index (κ2) is 7.13. The van der Waals surface area contributed by atoms with Crippen molar-refractivity contribution in [1.29, 1.82) is 0 Å². The fourth-order valence-electron chi connectivity index (χ4n) is 4.02. The first kappa shape index (κ1) is 17.6. The van der Waals surface area contributed by atoms with E-state index in [0.29, 0.717) is 18.4 Å². The average Bonchev–Trinajstić information content (AvgIpc) is 3.11. The predicted octanol–water partition coefficient (Wildman–Crippen LogP) is 5.82. The molecule has 0 fully saturated rings. The molecular formula is C23H23N3OS. The number of aryl methyl sites for hydroxylation is 1. The lowest BCUT2D eigenvalue weighted by atomic mass is 9.87. The van der Waals surface area contributed by atoms with Gasteiger partial charge in [-0.05, 0) is 42.7 Å². The molecule has 4 nitrogen and oxygen atoms in total. The summed E-state index contributed by atoms with van der Waals surface area (Å²) in [6, 6.07) is 10.6. The van der Waals surface area contributed by atoms with Gasteiger partial charge < -0.3 is 4.74 Å². The maximum absolute atomic E-state index is 6.00. The van der Waals surface area contributed by atoms with E-state index in [2.05, 4.69) is 54.1 Å². The molecule has 0 saturated heterocycles. The van der Waals surface area contributed by atoms with Crippen LogP contribution < -0.4 is 4.74 Å². The Morgan fingerprint density at radius 3 is 2.61 bits per heavy atom. The molecule has 0 bridgehead atoms. The highest BCUT2D eigenvalue weighted by atomic mass is 32.1.